The third-order valence-corrected chi connectivity index (χ3v) is 4.87. The monoisotopic (exact) mass is 360 g/mol. The number of amides is 3. The number of nitrogens with two attached hydrogens (primary N) is 1. The first-order valence-electron chi connectivity index (χ1n) is 7.96. The summed E-state index contributed by atoms with van der Waals surface area (Å²) in [6.07, 6.45) is 0.176. The smallest absolute Gasteiger partial charge is 0.312 e. The molecule has 0 fully saturated rings. The lowest BCUT2D eigenvalue weighted by atomic mass is 10.1. The number of carbonyl (C=O) groups is 2. The van der Waals surface area contributed by atoms with Gasteiger partial charge in [0.2, 0.25) is 5.91 Å². The van der Waals surface area contributed by atoms with E-state index in [2.05, 4.69) is 5.32 Å². The summed E-state index contributed by atoms with van der Waals surface area (Å²) >= 11 is 1.49. The molecule has 0 aliphatic carbocycles. The SMILES string of the molecule is CN(Cc1ccc(N(C)C)cc1)C(=O)CC(NC(N)=O)c1cccs1. The normalized spacial score (nSPS) is 11.6. The molecule has 0 aliphatic rings. The van der Waals surface area contributed by atoms with Crippen molar-refractivity contribution in [1.82, 2.24) is 10.2 Å². The third kappa shape index (κ3) is 5.49. The number of carbonyl (C=O) groups excluding carboxylic acids is 2. The van der Waals surface area contributed by atoms with Gasteiger partial charge in [0.15, 0.2) is 0 Å². The van der Waals surface area contributed by atoms with Crippen LogP contribution in [0.2, 0.25) is 0 Å². The van der Waals surface area contributed by atoms with E-state index >= 15 is 0 Å². The molecule has 1 atom stereocenters. The minimum Gasteiger partial charge on any atom is -0.378 e. The quantitative estimate of drug-likeness (QED) is 0.796. The molecule has 25 heavy (non-hydrogen) atoms. The molecule has 0 saturated carbocycles. The first-order chi connectivity index (χ1) is 11.9. The highest BCUT2D eigenvalue weighted by molar-refractivity contribution is 7.10. The van der Waals surface area contributed by atoms with Gasteiger partial charge < -0.3 is 20.9 Å². The van der Waals surface area contributed by atoms with Crippen LogP contribution >= 0.6 is 11.3 Å². The van der Waals surface area contributed by atoms with Gasteiger partial charge >= 0.3 is 6.03 Å². The molecule has 1 aromatic carbocycles. The fourth-order valence-electron chi connectivity index (χ4n) is 2.48. The van der Waals surface area contributed by atoms with E-state index < -0.39 is 12.1 Å². The van der Waals surface area contributed by atoms with Gasteiger partial charge in [0.1, 0.15) is 0 Å². The lowest BCUT2D eigenvalue weighted by molar-refractivity contribution is -0.130. The molecule has 0 saturated heterocycles. The predicted molar refractivity (Wildman–Crippen MR) is 102 cm³/mol. The second-order valence-electron chi connectivity index (χ2n) is 6.09. The van der Waals surface area contributed by atoms with E-state index in [1.165, 1.54) is 11.3 Å². The minimum atomic E-state index is -0.631. The topological polar surface area (TPSA) is 78.7 Å². The Morgan fingerprint density at radius 3 is 2.36 bits per heavy atom. The van der Waals surface area contributed by atoms with Crippen molar-refractivity contribution in [1.29, 1.82) is 0 Å². The number of hydrogen-bond acceptors (Lipinski definition) is 4. The van der Waals surface area contributed by atoms with Crippen LogP contribution in [0.4, 0.5) is 10.5 Å². The number of urea groups is 1. The van der Waals surface area contributed by atoms with Crippen LogP contribution in [0.5, 0.6) is 0 Å². The number of primary amides is 1. The molecule has 1 unspecified atom stereocenters. The summed E-state index contributed by atoms with van der Waals surface area (Å²) in [5, 5.41) is 4.56. The van der Waals surface area contributed by atoms with E-state index in [0.29, 0.717) is 6.54 Å². The highest BCUT2D eigenvalue weighted by atomic mass is 32.1. The van der Waals surface area contributed by atoms with Crippen LogP contribution in [0.1, 0.15) is 22.9 Å². The molecule has 2 rings (SSSR count). The predicted octanol–water partition coefficient (Wildman–Crippen LogP) is 2.57. The average Bonchev–Trinajstić information content (AvgIpc) is 3.08. The molecule has 0 spiro atoms. The van der Waals surface area contributed by atoms with Gasteiger partial charge in [-0.1, -0.05) is 18.2 Å². The maximum absolute atomic E-state index is 12.5. The second-order valence-corrected chi connectivity index (χ2v) is 7.07. The lowest BCUT2D eigenvalue weighted by Gasteiger charge is -2.22. The summed E-state index contributed by atoms with van der Waals surface area (Å²) in [6.45, 7) is 0.514. The van der Waals surface area contributed by atoms with Gasteiger partial charge in [0.05, 0.1) is 12.5 Å². The van der Waals surface area contributed by atoms with Crippen molar-refractivity contribution in [2.75, 3.05) is 26.0 Å². The number of nitrogens with one attached hydrogen (secondary N) is 1. The number of nitrogens with zero attached hydrogens (tertiary/aromatic N) is 2. The van der Waals surface area contributed by atoms with Crippen molar-refractivity contribution >= 4 is 29.0 Å². The van der Waals surface area contributed by atoms with Gasteiger partial charge in [-0.25, -0.2) is 4.79 Å². The van der Waals surface area contributed by atoms with Crippen LogP contribution in [0.25, 0.3) is 0 Å². The van der Waals surface area contributed by atoms with E-state index in [9.17, 15) is 9.59 Å². The minimum absolute atomic E-state index is 0.0520. The zero-order valence-electron chi connectivity index (χ0n) is 14.7. The largest absolute Gasteiger partial charge is 0.378 e. The van der Waals surface area contributed by atoms with Gasteiger partial charge in [-0.05, 0) is 29.1 Å². The van der Waals surface area contributed by atoms with Crippen LogP contribution in [-0.4, -0.2) is 38.0 Å². The molecule has 3 N–H and O–H groups in total. The molecular weight excluding hydrogens is 336 g/mol. The van der Waals surface area contributed by atoms with E-state index in [4.69, 9.17) is 5.73 Å². The first kappa shape index (κ1) is 18.8. The molecular formula is C18H24N4O2S. The summed E-state index contributed by atoms with van der Waals surface area (Å²) in [6, 6.07) is 10.8. The maximum Gasteiger partial charge on any atom is 0.312 e. The zero-order valence-corrected chi connectivity index (χ0v) is 15.5. The summed E-state index contributed by atoms with van der Waals surface area (Å²) in [5.41, 5.74) is 7.40. The number of benzene rings is 1. The number of anilines is 1. The standard InChI is InChI=1S/C18H24N4O2S/c1-21(2)14-8-6-13(7-9-14)12-22(3)17(23)11-15(20-18(19)24)16-5-4-10-25-16/h4-10,15H,11-12H2,1-3H3,(H3,19,20,24). The van der Waals surface area contributed by atoms with E-state index in [1.807, 2.05) is 60.8 Å². The Morgan fingerprint density at radius 2 is 1.84 bits per heavy atom. The van der Waals surface area contributed by atoms with Crippen LogP contribution in [0, 0.1) is 0 Å². The third-order valence-electron chi connectivity index (χ3n) is 3.88. The molecule has 7 heteroatoms. The van der Waals surface area contributed by atoms with Crippen molar-refractivity contribution in [3.05, 3.63) is 52.2 Å². The highest BCUT2D eigenvalue weighted by Gasteiger charge is 2.20. The van der Waals surface area contributed by atoms with Crippen LogP contribution in [0.15, 0.2) is 41.8 Å². The van der Waals surface area contributed by atoms with Crippen LogP contribution in [-0.2, 0) is 11.3 Å². The van der Waals surface area contributed by atoms with Crippen LogP contribution in [0.3, 0.4) is 0 Å². The Morgan fingerprint density at radius 1 is 1.16 bits per heavy atom. The Bertz CT molecular complexity index is 698. The molecule has 0 aliphatic heterocycles. The average molecular weight is 360 g/mol. The Kier molecular flexibility index (Phi) is 6.41. The molecule has 6 nitrogen and oxygen atoms in total. The second kappa shape index (κ2) is 8.53. The van der Waals surface area contributed by atoms with Crippen molar-refractivity contribution in [2.45, 2.75) is 19.0 Å². The summed E-state index contributed by atoms with van der Waals surface area (Å²) in [5.74, 6) is -0.0520. The van der Waals surface area contributed by atoms with Crippen molar-refractivity contribution in [3.8, 4) is 0 Å². The van der Waals surface area contributed by atoms with E-state index in [-0.39, 0.29) is 12.3 Å². The number of hydrogen-bond donors (Lipinski definition) is 2. The van der Waals surface area contributed by atoms with Crippen molar-refractivity contribution in [3.63, 3.8) is 0 Å². The number of rotatable bonds is 7. The van der Waals surface area contributed by atoms with Gasteiger partial charge in [-0.15, -0.1) is 11.3 Å². The van der Waals surface area contributed by atoms with E-state index in [1.54, 1.807) is 11.9 Å². The lowest BCUT2D eigenvalue weighted by Crippen LogP contribution is -2.36. The summed E-state index contributed by atoms with van der Waals surface area (Å²) in [7, 11) is 5.74. The fraction of sp³-hybridized carbons (Fsp3) is 0.333. The Balaban J connectivity index is 1.99. The van der Waals surface area contributed by atoms with Gasteiger partial charge in [-0.3, -0.25) is 4.79 Å². The summed E-state index contributed by atoms with van der Waals surface area (Å²) < 4.78 is 0. The first-order valence-corrected chi connectivity index (χ1v) is 8.84. The zero-order chi connectivity index (χ0) is 18.4. The van der Waals surface area contributed by atoms with Gasteiger partial charge in [0, 0.05) is 38.3 Å². The fourth-order valence-corrected chi connectivity index (χ4v) is 3.25. The van der Waals surface area contributed by atoms with E-state index in [0.717, 1.165) is 16.1 Å². The van der Waals surface area contributed by atoms with Crippen molar-refractivity contribution in [2.24, 2.45) is 5.73 Å². The molecule has 3 amide bonds. The Hall–Kier alpha value is -2.54. The number of thiophene rings is 1. The molecule has 1 aromatic heterocycles. The summed E-state index contributed by atoms with van der Waals surface area (Å²) in [4.78, 5) is 28.4. The molecule has 134 valence electrons. The molecule has 0 radical (unpaired) electrons. The molecule has 2 aromatic rings. The molecule has 0 bridgehead atoms. The Labute approximate surface area is 152 Å². The molecule has 1 heterocycles. The maximum atomic E-state index is 12.5. The van der Waals surface area contributed by atoms with Crippen molar-refractivity contribution < 1.29 is 9.59 Å². The highest BCUT2D eigenvalue weighted by Crippen LogP contribution is 2.23. The van der Waals surface area contributed by atoms with Crippen LogP contribution < -0.4 is 16.0 Å². The van der Waals surface area contributed by atoms with Gasteiger partial charge in [-0.2, -0.15) is 0 Å². The van der Waals surface area contributed by atoms with Gasteiger partial charge in [0.25, 0.3) is 0 Å².